The smallest absolute Gasteiger partial charge is 0.222 e. The highest BCUT2D eigenvalue weighted by Gasteiger charge is 2.41. The van der Waals surface area contributed by atoms with E-state index in [1.807, 2.05) is 4.90 Å². The van der Waals surface area contributed by atoms with Gasteiger partial charge in [-0.25, -0.2) is 0 Å². The topological polar surface area (TPSA) is 59.6 Å². The third-order valence-electron chi connectivity index (χ3n) is 6.68. The Morgan fingerprint density at radius 2 is 2.07 bits per heavy atom. The molecule has 27 heavy (non-hydrogen) atoms. The van der Waals surface area contributed by atoms with Crippen molar-refractivity contribution in [2.45, 2.75) is 46.1 Å². The fourth-order valence-electron chi connectivity index (χ4n) is 5.12. The first-order valence-corrected chi connectivity index (χ1v) is 10.2. The van der Waals surface area contributed by atoms with Crippen molar-refractivity contribution in [1.29, 1.82) is 0 Å². The van der Waals surface area contributed by atoms with Crippen LogP contribution in [0.2, 0.25) is 0 Å². The van der Waals surface area contributed by atoms with Crippen molar-refractivity contribution >= 4 is 16.8 Å². The number of rotatable bonds is 4. The summed E-state index contributed by atoms with van der Waals surface area (Å²) in [6.07, 6.45) is 3.97. The Kier molecular flexibility index (Phi) is 4.99. The van der Waals surface area contributed by atoms with Crippen molar-refractivity contribution in [3.05, 3.63) is 35.0 Å². The molecule has 3 heterocycles. The third kappa shape index (κ3) is 3.50. The van der Waals surface area contributed by atoms with Gasteiger partial charge in [-0.2, -0.15) is 0 Å². The number of benzene rings is 1. The first kappa shape index (κ1) is 18.5. The van der Waals surface area contributed by atoms with E-state index in [9.17, 15) is 9.90 Å². The van der Waals surface area contributed by atoms with Gasteiger partial charge < -0.3 is 15.0 Å². The summed E-state index contributed by atoms with van der Waals surface area (Å²) in [6.45, 7) is 8.76. The number of piperidine rings is 2. The number of para-hydroxylation sites is 1. The molecular formula is C22H31N3O2. The molecule has 1 aromatic heterocycles. The summed E-state index contributed by atoms with van der Waals surface area (Å²) < 4.78 is 0. The summed E-state index contributed by atoms with van der Waals surface area (Å²) in [4.78, 5) is 20.2. The van der Waals surface area contributed by atoms with E-state index >= 15 is 0 Å². The number of hydrogen-bond donors (Lipinski definition) is 2. The van der Waals surface area contributed by atoms with Crippen LogP contribution in [-0.2, 0) is 11.3 Å². The molecule has 0 aliphatic carbocycles. The molecule has 1 amide bonds. The molecule has 5 heteroatoms. The van der Waals surface area contributed by atoms with Crippen LogP contribution in [-0.4, -0.2) is 58.6 Å². The summed E-state index contributed by atoms with van der Waals surface area (Å²) in [5, 5.41) is 10.6. The van der Waals surface area contributed by atoms with Crippen LogP contribution in [0.25, 0.3) is 10.9 Å². The summed E-state index contributed by atoms with van der Waals surface area (Å²) in [7, 11) is 0. The van der Waals surface area contributed by atoms with Crippen LogP contribution in [0.3, 0.4) is 0 Å². The number of carbonyl (C=O) groups is 1. The van der Waals surface area contributed by atoms with Crippen molar-refractivity contribution in [3.8, 4) is 0 Å². The molecule has 0 bridgehead atoms. The van der Waals surface area contributed by atoms with Crippen molar-refractivity contribution in [3.63, 3.8) is 0 Å². The van der Waals surface area contributed by atoms with E-state index in [-0.39, 0.29) is 17.9 Å². The van der Waals surface area contributed by atoms with Crippen molar-refractivity contribution < 1.29 is 9.90 Å². The molecule has 2 N–H and O–H groups in total. The maximum atomic E-state index is 12.2. The van der Waals surface area contributed by atoms with E-state index in [0.29, 0.717) is 13.0 Å². The molecule has 5 nitrogen and oxygen atoms in total. The number of aromatic amines is 1. The second kappa shape index (κ2) is 7.28. The average Bonchev–Trinajstić information content (AvgIpc) is 2.95. The number of aliphatic hydroxyl groups is 1. The van der Waals surface area contributed by atoms with E-state index in [4.69, 9.17) is 0 Å². The molecule has 2 fully saturated rings. The van der Waals surface area contributed by atoms with Crippen molar-refractivity contribution in [2.75, 3.05) is 32.8 Å². The number of H-pyrrole nitrogens is 1. The van der Waals surface area contributed by atoms with Crippen LogP contribution < -0.4 is 0 Å². The number of nitrogens with one attached hydrogen (secondary N) is 1. The lowest BCUT2D eigenvalue weighted by Gasteiger charge is -2.48. The summed E-state index contributed by atoms with van der Waals surface area (Å²) in [6, 6.07) is 6.61. The summed E-state index contributed by atoms with van der Waals surface area (Å²) in [5.74, 6) is 0.203. The highest BCUT2D eigenvalue weighted by Crippen LogP contribution is 2.39. The number of nitrogens with zero attached hydrogens (tertiary/aromatic N) is 2. The predicted molar refractivity (Wildman–Crippen MR) is 108 cm³/mol. The summed E-state index contributed by atoms with van der Waals surface area (Å²) in [5.41, 5.74) is 5.41. The second-order valence-electron chi connectivity index (χ2n) is 8.57. The molecule has 0 unspecified atom stereocenters. The first-order valence-electron chi connectivity index (χ1n) is 10.2. The molecular weight excluding hydrogens is 338 g/mol. The Morgan fingerprint density at radius 1 is 1.22 bits per heavy atom. The van der Waals surface area contributed by atoms with E-state index < -0.39 is 0 Å². The van der Waals surface area contributed by atoms with Crippen LogP contribution in [0.15, 0.2) is 18.2 Å². The number of carbonyl (C=O) groups excluding carboxylic acids is 1. The van der Waals surface area contributed by atoms with Crippen LogP contribution in [0.1, 0.15) is 42.5 Å². The predicted octanol–water partition coefficient (Wildman–Crippen LogP) is 2.98. The van der Waals surface area contributed by atoms with Crippen molar-refractivity contribution in [1.82, 2.24) is 14.8 Å². The molecule has 4 rings (SSSR count). The lowest BCUT2D eigenvalue weighted by atomic mass is 9.73. The first-order chi connectivity index (χ1) is 13.0. The van der Waals surface area contributed by atoms with Gasteiger partial charge in [-0.15, -0.1) is 0 Å². The minimum Gasteiger partial charge on any atom is -0.395 e. The van der Waals surface area contributed by atoms with Crippen LogP contribution in [0.5, 0.6) is 0 Å². The number of aromatic nitrogens is 1. The minimum atomic E-state index is 0.0546. The Labute approximate surface area is 161 Å². The van der Waals surface area contributed by atoms with Gasteiger partial charge in [0.15, 0.2) is 0 Å². The average molecular weight is 370 g/mol. The summed E-state index contributed by atoms with van der Waals surface area (Å²) >= 11 is 0. The SMILES string of the molecule is Cc1[nH]c2c(CN3CCC[C@@]4(CCC(=O)N(CCO)C4)C3)cccc2c1C. The van der Waals surface area contributed by atoms with E-state index in [2.05, 4.69) is 41.9 Å². The quantitative estimate of drug-likeness (QED) is 0.871. The molecule has 1 aromatic carbocycles. The van der Waals surface area contributed by atoms with Gasteiger partial charge in [0.25, 0.3) is 0 Å². The molecule has 2 aromatic rings. The zero-order valence-corrected chi connectivity index (χ0v) is 16.6. The zero-order chi connectivity index (χ0) is 19.0. The Bertz CT molecular complexity index is 843. The molecule has 0 radical (unpaired) electrons. The minimum absolute atomic E-state index is 0.0546. The van der Waals surface area contributed by atoms with Crippen LogP contribution in [0, 0.1) is 19.3 Å². The van der Waals surface area contributed by atoms with Crippen LogP contribution >= 0.6 is 0 Å². The second-order valence-corrected chi connectivity index (χ2v) is 8.57. The van der Waals surface area contributed by atoms with Gasteiger partial charge in [0.2, 0.25) is 5.91 Å². The van der Waals surface area contributed by atoms with Gasteiger partial charge in [-0.1, -0.05) is 18.2 Å². The maximum absolute atomic E-state index is 12.2. The van der Waals surface area contributed by atoms with Crippen LogP contribution in [0.4, 0.5) is 0 Å². The van der Waals surface area contributed by atoms with E-state index in [1.54, 1.807) is 0 Å². The zero-order valence-electron chi connectivity index (χ0n) is 16.6. The third-order valence-corrected chi connectivity index (χ3v) is 6.68. The number of aryl methyl sites for hydroxylation is 2. The lowest BCUT2D eigenvalue weighted by molar-refractivity contribution is -0.140. The fourth-order valence-corrected chi connectivity index (χ4v) is 5.12. The fraction of sp³-hybridized carbons (Fsp3) is 0.591. The van der Waals surface area contributed by atoms with Gasteiger partial charge in [0.1, 0.15) is 0 Å². The number of amides is 1. The van der Waals surface area contributed by atoms with Gasteiger partial charge >= 0.3 is 0 Å². The number of fused-ring (bicyclic) bond motifs is 1. The molecule has 2 aliphatic rings. The maximum Gasteiger partial charge on any atom is 0.222 e. The Morgan fingerprint density at radius 3 is 2.89 bits per heavy atom. The number of likely N-dealkylation sites (tertiary alicyclic amines) is 2. The monoisotopic (exact) mass is 369 g/mol. The number of β-amino-alcohol motifs (C(OH)–C–C–N with tert-alkyl or cyclic N) is 1. The Hall–Kier alpha value is -1.85. The Balaban J connectivity index is 1.52. The highest BCUT2D eigenvalue weighted by atomic mass is 16.3. The molecule has 0 saturated carbocycles. The number of hydrogen-bond acceptors (Lipinski definition) is 3. The molecule has 1 spiro atoms. The molecule has 146 valence electrons. The van der Waals surface area contributed by atoms with Gasteiger partial charge in [0.05, 0.1) is 12.1 Å². The van der Waals surface area contributed by atoms with Gasteiger partial charge in [0, 0.05) is 49.1 Å². The largest absolute Gasteiger partial charge is 0.395 e. The van der Waals surface area contributed by atoms with Crippen molar-refractivity contribution in [2.24, 2.45) is 5.41 Å². The lowest BCUT2D eigenvalue weighted by Crippen LogP contribution is -2.54. The van der Waals surface area contributed by atoms with E-state index in [1.165, 1.54) is 40.6 Å². The number of aliphatic hydroxyl groups excluding tert-OH is 1. The van der Waals surface area contributed by atoms with Gasteiger partial charge in [-0.3, -0.25) is 9.69 Å². The van der Waals surface area contributed by atoms with E-state index in [0.717, 1.165) is 32.6 Å². The molecule has 2 aliphatic heterocycles. The molecule has 2 saturated heterocycles. The standard InChI is InChI=1S/C22H31N3O2/c1-16-17(2)23-21-18(5-3-6-19(16)21)13-24-10-4-8-22(14-24)9-7-20(27)25(15-22)11-12-26/h3,5-6,23,26H,4,7-15H2,1-2H3/t22-/m1/s1. The normalized spacial score (nSPS) is 24.3. The highest BCUT2D eigenvalue weighted by molar-refractivity contribution is 5.87. The molecule has 1 atom stereocenters. The van der Waals surface area contributed by atoms with Gasteiger partial charge in [-0.05, 0) is 50.8 Å².